The van der Waals surface area contributed by atoms with Gasteiger partial charge in [0.05, 0.1) is 0 Å². The molecule has 0 rings (SSSR count). The fourth-order valence-electron chi connectivity index (χ4n) is 0.851. The largest absolute Gasteiger partial charge is 0.328 e. The minimum absolute atomic E-state index is 0.352. The van der Waals surface area contributed by atoms with Crippen molar-refractivity contribution in [2.75, 3.05) is 0 Å². The molecule has 0 saturated carbocycles. The predicted molar refractivity (Wildman–Crippen MR) is 46.9 cm³/mol. The summed E-state index contributed by atoms with van der Waals surface area (Å²) in [6.45, 7) is 8.13. The zero-order chi connectivity index (χ0) is 7.98. The van der Waals surface area contributed by atoms with Gasteiger partial charge in [-0.15, -0.1) is 0 Å². The van der Waals surface area contributed by atoms with E-state index < -0.39 is 0 Å². The van der Waals surface area contributed by atoms with Gasteiger partial charge in [0.2, 0.25) is 0 Å². The van der Waals surface area contributed by atoms with Crippen LogP contribution >= 0.6 is 0 Å². The van der Waals surface area contributed by atoms with Gasteiger partial charge in [0.25, 0.3) is 0 Å². The minimum atomic E-state index is 0.352. The summed E-state index contributed by atoms with van der Waals surface area (Å²) in [6, 6.07) is 0.352. The molecule has 2 N–H and O–H groups in total. The highest BCUT2D eigenvalue weighted by molar-refractivity contribution is 4.91. The predicted octanol–water partition coefficient (Wildman–Crippen LogP) is 2.47. The Bertz CT molecular complexity index is 94.9. The Morgan fingerprint density at radius 2 is 2.20 bits per heavy atom. The van der Waals surface area contributed by atoms with Gasteiger partial charge in [-0.2, -0.15) is 0 Å². The third-order valence-corrected chi connectivity index (χ3v) is 1.69. The Hall–Kier alpha value is -0.300. The maximum atomic E-state index is 5.59. The lowest BCUT2D eigenvalue weighted by Crippen LogP contribution is -2.13. The summed E-state index contributed by atoms with van der Waals surface area (Å²) in [7, 11) is 0. The minimum Gasteiger partial charge on any atom is -0.328 e. The summed E-state index contributed by atoms with van der Waals surface area (Å²) in [5, 5.41) is 0. The maximum Gasteiger partial charge on any atom is 0.00105 e. The number of hydrogen-bond donors (Lipinski definition) is 1. The summed E-state index contributed by atoms with van der Waals surface area (Å²) >= 11 is 0. The number of hydrogen-bond acceptors (Lipinski definition) is 1. The van der Waals surface area contributed by atoms with Gasteiger partial charge in [-0.3, -0.25) is 0 Å². The van der Waals surface area contributed by atoms with E-state index in [1.54, 1.807) is 0 Å². The van der Waals surface area contributed by atoms with E-state index >= 15 is 0 Å². The SMILES string of the molecule is C=C(CC)CCCC(C)N. The molecule has 0 heterocycles. The highest BCUT2D eigenvalue weighted by Crippen LogP contribution is 2.08. The van der Waals surface area contributed by atoms with Crippen LogP contribution < -0.4 is 5.73 Å². The molecule has 0 aliphatic carbocycles. The van der Waals surface area contributed by atoms with Gasteiger partial charge in [0.1, 0.15) is 0 Å². The second-order valence-electron chi connectivity index (χ2n) is 2.97. The highest BCUT2D eigenvalue weighted by atomic mass is 14.6. The van der Waals surface area contributed by atoms with E-state index in [0.717, 1.165) is 19.3 Å². The van der Waals surface area contributed by atoms with Crippen LogP contribution in [0.1, 0.15) is 39.5 Å². The van der Waals surface area contributed by atoms with Crippen LogP contribution in [0.5, 0.6) is 0 Å². The van der Waals surface area contributed by atoms with E-state index in [1.807, 2.05) is 0 Å². The molecular formula is C9H19N. The molecule has 0 aromatic rings. The summed E-state index contributed by atoms with van der Waals surface area (Å²) in [4.78, 5) is 0. The maximum absolute atomic E-state index is 5.59. The van der Waals surface area contributed by atoms with Crippen LogP contribution in [-0.4, -0.2) is 6.04 Å². The van der Waals surface area contributed by atoms with Crippen molar-refractivity contribution in [2.45, 2.75) is 45.6 Å². The molecule has 0 spiro atoms. The summed E-state index contributed by atoms with van der Waals surface area (Å²) in [5.41, 5.74) is 6.94. The normalized spacial score (nSPS) is 13.1. The Balaban J connectivity index is 3.12. The van der Waals surface area contributed by atoms with Gasteiger partial charge in [-0.25, -0.2) is 0 Å². The first-order valence-electron chi connectivity index (χ1n) is 4.09. The van der Waals surface area contributed by atoms with Crippen molar-refractivity contribution in [2.24, 2.45) is 5.73 Å². The van der Waals surface area contributed by atoms with Crippen LogP contribution in [0.4, 0.5) is 0 Å². The quantitative estimate of drug-likeness (QED) is 0.585. The van der Waals surface area contributed by atoms with Gasteiger partial charge in [-0.05, 0) is 32.6 Å². The van der Waals surface area contributed by atoms with E-state index in [9.17, 15) is 0 Å². The zero-order valence-electron chi connectivity index (χ0n) is 7.19. The second-order valence-corrected chi connectivity index (χ2v) is 2.97. The van der Waals surface area contributed by atoms with E-state index in [-0.39, 0.29) is 0 Å². The molecule has 10 heavy (non-hydrogen) atoms. The van der Waals surface area contributed by atoms with Gasteiger partial charge < -0.3 is 5.73 Å². The van der Waals surface area contributed by atoms with Crippen LogP contribution in [0.3, 0.4) is 0 Å². The number of nitrogens with two attached hydrogens (primary N) is 1. The molecule has 0 saturated heterocycles. The molecule has 0 fully saturated rings. The van der Waals surface area contributed by atoms with Crippen molar-refractivity contribution >= 4 is 0 Å². The van der Waals surface area contributed by atoms with Crippen molar-refractivity contribution in [3.05, 3.63) is 12.2 Å². The molecule has 0 aromatic carbocycles. The first kappa shape index (κ1) is 9.70. The van der Waals surface area contributed by atoms with Crippen molar-refractivity contribution in [1.29, 1.82) is 0 Å². The second kappa shape index (κ2) is 5.48. The van der Waals surface area contributed by atoms with Gasteiger partial charge in [-0.1, -0.05) is 19.1 Å². The monoisotopic (exact) mass is 141 g/mol. The lowest BCUT2D eigenvalue weighted by Gasteiger charge is -2.04. The van der Waals surface area contributed by atoms with Crippen molar-refractivity contribution in [3.63, 3.8) is 0 Å². The van der Waals surface area contributed by atoms with E-state index in [1.165, 1.54) is 12.0 Å². The molecule has 0 aliphatic heterocycles. The number of allylic oxidation sites excluding steroid dienone is 1. The van der Waals surface area contributed by atoms with E-state index in [2.05, 4.69) is 20.4 Å². The molecule has 0 aromatic heterocycles. The first-order valence-corrected chi connectivity index (χ1v) is 4.09. The third-order valence-electron chi connectivity index (χ3n) is 1.69. The first-order chi connectivity index (χ1) is 4.66. The van der Waals surface area contributed by atoms with Crippen LogP contribution in [0, 0.1) is 0 Å². The Labute approximate surface area is 64.3 Å². The van der Waals surface area contributed by atoms with Crippen molar-refractivity contribution < 1.29 is 0 Å². The van der Waals surface area contributed by atoms with Crippen LogP contribution in [0.25, 0.3) is 0 Å². The third kappa shape index (κ3) is 5.83. The standard InChI is InChI=1S/C9H19N/c1-4-8(2)6-5-7-9(3)10/h9H,2,4-7,10H2,1,3H3. The molecule has 0 bridgehead atoms. The molecule has 0 aliphatic rings. The van der Waals surface area contributed by atoms with Crippen molar-refractivity contribution in [3.8, 4) is 0 Å². The molecule has 1 heteroatoms. The summed E-state index contributed by atoms with van der Waals surface area (Å²) in [5.74, 6) is 0. The average Bonchev–Trinajstić information content (AvgIpc) is 1.87. The Kier molecular flexibility index (Phi) is 5.32. The van der Waals surface area contributed by atoms with Gasteiger partial charge in [0, 0.05) is 6.04 Å². The van der Waals surface area contributed by atoms with Crippen LogP contribution in [0.15, 0.2) is 12.2 Å². The smallest absolute Gasteiger partial charge is 0.00105 e. The van der Waals surface area contributed by atoms with Gasteiger partial charge in [0.15, 0.2) is 0 Å². The van der Waals surface area contributed by atoms with Gasteiger partial charge >= 0.3 is 0 Å². The Morgan fingerprint density at radius 3 is 2.60 bits per heavy atom. The fourth-order valence-corrected chi connectivity index (χ4v) is 0.851. The van der Waals surface area contributed by atoms with Crippen LogP contribution in [0.2, 0.25) is 0 Å². The average molecular weight is 141 g/mol. The molecule has 60 valence electrons. The Morgan fingerprint density at radius 1 is 1.60 bits per heavy atom. The molecular weight excluding hydrogens is 122 g/mol. The highest BCUT2D eigenvalue weighted by Gasteiger charge is 1.94. The summed E-state index contributed by atoms with van der Waals surface area (Å²) in [6.07, 6.45) is 4.58. The molecule has 1 unspecified atom stereocenters. The van der Waals surface area contributed by atoms with Crippen molar-refractivity contribution in [1.82, 2.24) is 0 Å². The molecule has 1 nitrogen and oxygen atoms in total. The van der Waals surface area contributed by atoms with E-state index in [0.29, 0.717) is 6.04 Å². The lowest BCUT2D eigenvalue weighted by molar-refractivity contribution is 0.618. The lowest BCUT2D eigenvalue weighted by atomic mass is 10.1. The topological polar surface area (TPSA) is 26.0 Å². The van der Waals surface area contributed by atoms with E-state index in [4.69, 9.17) is 5.73 Å². The number of rotatable bonds is 5. The fraction of sp³-hybridized carbons (Fsp3) is 0.778. The summed E-state index contributed by atoms with van der Waals surface area (Å²) < 4.78 is 0. The molecule has 0 amide bonds. The zero-order valence-corrected chi connectivity index (χ0v) is 7.19. The molecule has 0 radical (unpaired) electrons. The van der Waals surface area contributed by atoms with Crippen LogP contribution in [-0.2, 0) is 0 Å². The molecule has 1 atom stereocenters.